The molecule has 0 radical (unpaired) electrons. The van der Waals surface area contributed by atoms with Gasteiger partial charge in [0.05, 0.1) is 5.02 Å². The van der Waals surface area contributed by atoms with Crippen molar-refractivity contribution >= 4 is 46.1 Å². The highest BCUT2D eigenvalue weighted by Crippen LogP contribution is 2.29. The van der Waals surface area contributed by atoms with Crippen LogP contribution in [0.2, 0.25) is 10.0 Å². The van der Waals surface area contributed by atoms with Crippen molar-refractivity contribution in [3.8, 4) is 17.4 Å². The second-order valence-corrected chi connectivity index (χ2v) is 6.91. The van der Waals surface area contributed by atoms with Crippen molar-refractivity contribution < 1.29 is 18.4 Å². The van der Waals surface area contributed by atoms with Gasteiger partial charge >= 0.3 is 0 Å². The molecule has 0 atom stereocenters. The topological polar surface area (TPSA) is 77.5 Å². The average molecular weight is 417 g/mol. The monoisotopic (exact) mass is 416 g/mol. The highest BCUT2D eigenvalue weighted by molar-refractivity contribution is 6.35. The summed E-state index contributed by atoms with van der Waals surface area (Å²) in [6.07, 6.45) is 0. The summed E-state index contributed by atoms with van der Waals surface area (Å²) in [7, 11) is 0. The quantitative estimate of drug-likeness (QED) is 0.449. The molecule has 2 aromatic heterocycles. The van der Waals surface area contributed by atoms with Gasteiger partial charge in [0.2, 0.25) is 5.88 Å². The Labute approximate surface area is 170 Å². The molecule has 2 aromatic carbocycles. The van der Waals surface area contributed by atoms with Gasteiger partial charge < -0.3 is 13.6 Å². The zero-order valence-corrected chi connectivity index (χ0v) is 16.2. The number of hydrogen-bond acceptors (Lipinski definition) is 5. The predicted octanol–water partition coefficient (Wildman–Crippen LogP) is 5.72. The third-order valence-corrected chi connectivity index (χ3v) is 4.41. The van der Waals surface area contributed by atoms with Crippen LogP contribution in [-0.2, 0) is 4.79 Å². The Balaban J connectivity index is 1.41. The molecule has 1 amide bonds. The maximum absolute atomic E-state index is 12.1. The molecule has 4 aromatic rings. The number of halogens is 2. The first-order valence-corrected chi connectivity index (χ1v) is 9.08. The molecule has 0 aliphatic heterocycles. The molecule has 142 valence electrons. The molecule has 0 spiro atoms. The van der Waals surface area contributed by atoms with E-state index < -0.39 is 5.91 Å². The highest BCUT2D eigenvalue weighted by Gasteiger charge is 2.14. The maximum atomic E-state index is 12.1. The van der Waals surface area contributed by atoms with Crippen molar-refractivity contribution in [2.45, 2.75) is 6.92 Å². The van der Waals surface area contributed by atoms with Crippen LogP contribution in [0.3, 0.4) is 0 Å². The summed E-state index contributed by atoms with van der Waals surface area (Å²) in [5, 5.41) is 3.42. The van der Waals surface area contributed by atoms with Crippen LogP contribution in [0, 0.1) is 6.92 Å². The normalized spacial score (nSPS) is 11.0. The largest absolute Gasteiger partial charge is 0.482 e. The van der Waals surface area contributed by atoms with Crippen LogP contribution in [0.25, 0.3) is 22.8 Å². The molecule has 0 fully saturated rings. The van der Waals surface area contributed by atoms with Crippen LogP contribution in [0.4, 0.5) is 5.88 Å². The molecule has 0 bridgehead atoms. The number of hydrogen-bond donors (Lipinski definition) is 1. The number of carbonyl (C=O) groups excluding carboxylic acids is 1. The third kappa shape index (κ3) is 3.98. The lowest BCUT2D eigenvalue weighted by molar-refractivity contribution is -0.118. The Bertz CT molecular complexity index is 1170. The minimum atomic E-state index is -0.403. The molecule has 0 aliphatic rings. The molecule has 0 saturated carbocycles. The van der Waals surface area contributed by atoms with E-state index in [0.717, 1.165) is 11.1 Å². The van der Waals surface area contributed by atoms with E-state index in [9.17, 15) is 4.79 Å². The van der Waals surface area contributed by atoms with E-state index >= 15 is 0 Å². The number of rotatable bonds is 5. The lowest BCUT2D eigenvalue weighted by Crippen LogP contribution is -2.19. The first kappa shape index (κ1) is 18.4. The number of ether oxygens (including phenoxy) is 1. The number of fused-ring (bicyclic) bond motifs is 1. The summed E-state index contributed by atoms with van der Waals surface area (Å²) in [6, 6.07) is 13.8. The van der Waals surface area contributed by atoms with Crippen molar-refractivity contribution in [3.63, 3.8) is 0 Å². The van der Waals surface area contributed by atoms with E-state index in [4.69, 9.17) is 36.8 Å². The summed E-state index contributed by atoms with van der Waals surface area (Å²) >= 11 is 11.8. The Hall–Kier alpha value is -2.96. The van der Waals surface area contributed by atoms with Gasteiger partial charge in [-0.2, -0.15) is 0 Å². The molecule has 4 rings (SSSR count). The lowest BCUT2D eigenvalue weighted by atomic mass is 10.2. The third-order valence-electron chi connectivity index (χ3n) is 3.88. The van der Waals surface area contributed by atoms with Crippen LogP contribution in [0.5, 0.6) is 5.75 Å². The summed E-state index contributed by atoms with van der Waals surface area (Å²) in [6.45, 7) is 1.74. The number of amides is 1. The van der Waals surface area contributed by atoms with Crippen LogP contribution in [0.15, 0.2) is 57.4 Å². The number of aromatic nitrogens is 1. The number of oxazole rings is 1. The number of benzene rings is 2. The Kier molecular flexibility index (Phi) is 4.98. The molecule has 6 nitrogen and oxygen atoms in total. The smallest absolute Gasteiger partial charge is 0.264 e. The molecular weight excluding hydrogens is 403 g/mol. The van der Waals surface area contributed by atoms with Gasteiger partial charge in [-0.3, -0.25) is 10.1 Å². The Morgan fingerprint density at radius 2 is 1.96 bits per heavy atom. The second-order valence-electron chi connectivity index (χ2n) is 6.07. The van der Waals surface area contributed by atoms with E-state index in [2.05, 4.69) is 10.3 Å². The van der Waals surface area contributed by atoms with Crippen molar-refractivity contribution in [3.05, 3.63) is 64.1 Å². The minimum Gasteiger partial charge on any atom is -0.482 e. The standard InChI is InChI=1S/C20H14Cl2N2O4/c1-11-2-4-16-14(8-11)23-20(28-16)17-6-7-19(27-17)24-18(25)10-26-15-5-3-12(21)9-13(15)22/h2-9H,10H2,1H3,(H,24,25). The molecular formula is C20H14Cl2N2O4. The van der Waals surface area contributed by atoms with Gasteiger partial charge in [0.15, 0.2) is 18.0 Å². The van der Waals surface area contributed by atoms with E-state index in [0.29, 0.717) is 33.0 Å². The number of nitrogens with one attached hydrogen (secondary N) is 1. The van der Waals surface area contributed by atoms with Gasteiger partial charge in [-0.1, -0.05) is 29.3 Å². The van der Waals surface area contributed by atoms with Gasteiger partial charge in [0, 0.05) is 11.1 Å². The molecule has 28 heavy (non-hydrogen) atoms. The van der Waals surface area contributed by atoms with Crippen LogP contribution in [0.1, 0.15) is 5.56 Å². The number of nitrogens with zero attached hydrogens (tertiary/aromatic N) is 1. The van der Waals surface area contributed by atoms with Crippen molar-refractivity contribution in [1.29, 1.82) is 0 Å². The lowest BCUT2D eigenvalue weighted by Gasteiger charge is -2.07. The van der Waals surface area contributed by atoms with Crippen LogP contribution in [-0.4, -0.2) is 17.5 Å². The van der Waals surface area contributed by atoms with Gasteiger partial charge in [0.25, 0.3) is 11.8 Å². The highest BCUT2D eigenvalue weighted by atomic mass is 35.5. The number of anilines is 1. The van der Waals surface area contributed by atoms with Crippen molar-refractivity contribution in [2.24, 2.45) is 0 Å². The molecule has 8 heteroatoms. The summed E-state index contributed by atoms with van der Waals surface area (Å²) in [5.41, 5.74) is 2.49. The molecule has 2 heterocycles. The number of furan rings is 1. The summed E-state index contributed by atoms with van der Waals surface area (Å²) in [5.74, 6) is 0.962. The second kappa shape index (κ2) is 7.58. The predicted molar refractivity (Wildman–Crippen MR) is 107 cm³/mol. The molecule has 1 N–H and O–H groups in total. The van der Waals surface area contributed by atoms with Gasteiger partial charge in [0.1, 0.15) is 11.3 Å². The van der Waals surface area contributed by atoms with Gasteiger partial charge in [-0.25, -0.2) is 4.98 Å². The Morgan fingerprint density at radius 1 is 1.11 bits per heavy atom. The molecule has 0 aliphatic carbocycles. The van der Waals surface area contributed by atoms with E-state index in [1.54, 1.807) is 24.3 Å². The first-order chi connectivity index (χ1) is 13.5. The number of carbonyl (C=O) groups is 1. The van der Waals surface area contributed by atoms with Crippen molar-refractivity contribution in [2.75, 3.05) is 11.9 Å². The van der Waals surface area contributed by atoms with E-state index in [1.165, 1.54) is 6.07 Å². The zero-order valence-electron chi connectivity index (χ0n) is 14.7. The van der Waals surface area contributed by atoms with Gasteiger partial charge in [-0.05, 0) is 48.9 Å². The fraction of sp³-hybridized carbons (Fsp3) is 0.100. The zero-order chi connectivity index (χ0) is 19.7. The molecule has 0 unspecified atom stereocenters. The maximum Gasteiger partial charge on any atom is 0.264 e. The first-order valence-electron chi connectivity index (χ1n) is 8.33. The van der Waals surface area contributed by atoms with Crippen molar-refractivity contribution in [1.82, 2.24) is 4.98 Å². The summed E-state index contributed by atoms with van der Waals surface area (Å²) < 4.78 is 16.7. The van der Waals surface area contributed by atoms with E-state index in [1.807, 2.05) is 25.1 Å². The minimum absolute atomic E-state index is 0.237. The average Bonchev–Trinajstić information content (AvgIpc) is 3.27. The molecule has 0 saturated heterocycles. The van der Waals surface area contributed by atoms with Gasteiger partial charge in [-0.15, -0.1) is 0 Å². The van der Waals surface area contributed by atoms with Crippen LogP contribution >= 0.6 is 23.2 Å². The number of aryl methyl sites for hydroxylation is 1. The SMILES string of the molecule is Cc1ccc2oc(-c3ccc(NC(=O)COc4ccc(Cl)cc4Cl)o3)nc2c1. The van der Waals surface area contributed by atoms with E-state index in [-0.39, 0.29) is 12.5 Å². The fourth-order valence-electron chi connectivity index (χ4n) is 2.57. The fourth-order valence-corrected chi connectivity index (χ4v) is 3.03. The Morgan fingerprint density at radius 3 is 2.79 bits per heavy atom. The summed E-state index contributed by atoms with van der Waals surface area (Å²) in [4.78, 5) is 16.5. The van der Waals surface area contributed by atoms with Crippen LogP contribution < -0.4 is 10.1 Å².